The number of rotatable bonds is 3. The van der Waals surface area contributed by atoms with Crippen molar-refractivity contribution < 1.29 is 4.79 Å². The number of aryl methyl sites for hydroxylation is 1. The van der Waals surface area contributed by atoms with Gasteiger partial charge in [0.15, 0.2) is 12.2 Å². The standard InChI is InChI=1S/C18H20ClN5O/c1-11-7-8-13(9-14(11)19)21-17(20)24-18-22-15(10-16(25)23-18)12-5-3-2-4-6-12/h2-9,15,18,22H,10H2,1H3,(H,23,25)(H3,20,21,24). The van der Waals surface area contributed by atoms with Gasteiger partial charge in [0.25, 0.3) is 0 Å². The van der Waals surface area contributed by atoms with Crippen molar-refractivity contribution in [3.8, 4) is 0 Å². The van der Waals surface area contributed by atoms with E-state index >= 15 is 0 Å². The summed E-state index contributed by atoms with van der Waals surface area (Å²) >= 11 is 6.11. The number of nitrogens with zero attached hydrogens (tertiary/aromatic N) is 1. The zero-order valence-electron chi connectivity index (χ0n) is 13.8. The van der Waals surface area contributed by atoms with Gasteiger partial charge in [-0.1, -0.05) is 48.0 Å². The number of carbonyl (C=O) groups excluding carboxylic acids is 1. The fourth-order valence-corrected chi connectivity index (χ4v) is 2.83. The van der Waals surface area contributed by atoms with Gasteiger partial charge in [-0.25, -0.2) is 4.99 Å². The molecule has 0 radical (unpaired) electrons. The Labute approximate surface area is 151 Å². The van der Waals surface area contributed by atoms with E-state index in [9.17, 15) is 4.79 Å². The molecule has 2 atom stereocenters. The van der Waals surface area contributed by atoms with Crippen LogP contribution in [0.15, 0.2) is 53.5 Å². The van der Waals surface area contributed by atoms with Crippen LogP contribution in [0.3, 0.4) is 0 Å². The van der Waals surface area contributed by atoms with Crippen LogP contribution in [0.25, 0.3) is 0 Å². The van der Waals surface area contributed by atoms with Crippen LogP contribution in [0.1, 0.15) is 23.6 Å². The molecule has 1 heterocycles. The van der Waals surface area contributed by atoms with Crippen molar-refractivity contribution >= 4 is 29.2 Å². The van der Waals surface area contributed by atoms with E-state index in [1.54, 1.807) is 6.07 Å². The van der Waals surface area contributed by atoms with E-state index in [1.807, 2.05) is 49.4 Å². The number of hydrogen-bond donors (Lipinski definition) is 4. The van der Waals surface area contributed by atoms with Crippen LogP contribution in [0, 0.1) is 6.92 Å². The van der Waals surface area contributed by atoms with Crippen LogP contribution in [-0.4, -0.2) is 18.2 Å². The number of amides is 1. The Bertz CT molecular complexity index is 793. The lowest BCUT2D eigenvalue weighted by Crippen LogP contribution is -2.52. The number of carbonyl (C=O) groups is 1. The monoisotopic (exact) mass is 357 g/mol. The Hall–Kier alpha value is -2.57. The molecule has 5 N–H and O–H groups in total. The van der Waals surface area contributed by atoms with Gasteiger partial charge < -0.3 is 16.4 Å². The zero-order valence-corrected chi connectivity index (χ0v) is 14.5. The van der Waals surface area contributed by atoms with Gasteiger partial charge in [0.2, 0.25) is 5.91 Å². The summed E-state index contributed by atoms with van der Waals surface area (Å²) in [5.74, 6) is 0.110. The van der Waals surface area contributed by atoms with Gasteiger partial charge >= 0.3 is 0 Å². The number of nitrogens with two attached hydrogens (primary N) is 1. The molecule has 1 aliphatic rings. The molecule has 2 aromatic rings. The highest BCUT2D eigenvalue weighted by atomic mass is 35.5. The highest BCUT2D eigenvalue weighted by Crippen LogP contribution is 2.21. The van der Waals surface area contributed by atoms with Gasteiger partial charge in [0.05, 0.1) is 0 Å². The van der Waals surface area contributed by atoms with E-state index in [-0.39, 0.29) is 17.9 Å². The average Bonchev–Trinajstić information content (AvgIpc) is 2.58. The van der Waals surface area contributed by atoms with Gasteiger partial charge in [0, 0.05) is 23.2 Å². The average molecular weight is 358 g/mol. The molecule has 0 saturated carbocycles. The van der Waals surface area contributed by atoms with E-state index in [2.05, 4.69) is 20.9 Å². The van der Waals surface area contributed by atoms with E-state index in [0.717, 1.165) is 16.8 Å². The van der Waals surface area contributed by atoms with Crippen molar-refractivity contribution in [1.82, 2.24) is 10.6 Å². The lowest BCUT2D eigenvalue weighted by molar-refractivity contribution is -0.124. The highest BCUT2D eigenvalue weighted by molar-refractivity contribution is 6.31. The number of aliphatic imine (C=N–C) groups is 1. The number of nitrogens with one attached hydrogen (secondary N) is 3. The quantitative estimate of drug-likeness (QED) is 0.501. The third kappa shape index (κ3) is 4.49. The molecule has 0 bridgehead atoms. The molecule has 1 fully saturated rings. The van der Waals surface area contributed by atoms with E-state index < -0.39 is 6.29 Å². The van der Waals surface area contributed by atoms with Crippen molar-refractivity contribution in [3.05, 3.63) is 64.7 Å². The number of halogens is 1. The summed E-state index contributed by atoms with van der Waals surface area (Å²) in [4.78, 5) is 16.3. The molecule has 7 heteroatoms. The van der Waals surface area contributed by atoms with E-state index in [0.29, 0.717) is 11.4 Å². The maximum atomic E-state index is 12.0. The van der Waals surface area contributed by atoms with Gasteiger partial charge in [-0.3, -0.25) is 10.1 Å². The second-order valence-electron chi connectivity index (χ2n) is 5.91. The van der Waals surface area contributed by atoms with Crippen LogP contribution >= 0.6 is 11.6 Å². The Morgan fingerprint density at radius 2 is 2.04 bits per heavy atom. The predicted octanol–water partition coefficient (Wildman–Crippen LogP) is 2.51. The summed E-state index contributed by atoms with van der Waals surface area (Å²) < 4.78 is 0. The Morgan fingerprint density at radius 3 is 2.76 bits per heavy atom. The van der Waals surface area contributed by atoms with Crippen molar-refractivity contribution in [3.63, 3.8) is 0 Å². The summed E-state index contributed by atoms with van der Waals surface area (Å²) in [6.07, 6.45) is -0.239. The van der Waals surface area contributed by atoms with E-state index in [1.165, 1.54) is 0 Å². The van der Waals surface area contributed by atoms with Crippen LogP contribution in [0.4, 0.5) is 5.69 Å². The van der Waals surface area contributed by atoms with Crippen LogP contribution in [0.2, 0.25) is 5.02 Å². The first-order valence-corrected chi connectivity index (χ1v) is 8.36. The van der Waals surface area contributed by atoms with Crippen molar-refractivity contribution in [2.75, 3.05) is 5.32 Å². The molecule has 0 aromatic heterocycles. The number of anilines is 1. The minimum absolute atomic E-state index is 0.0764. The first-order valence-electron chi connectivity index (χ1n) is 7.98. The van der Waals surface area contributed by atoms with Crippen molar-refractivity contribution in [1.29, 1.82) is 0 Å². The van der Waals surface area contributed by atoms with Crippen molar-refractivity contribution in [2.24, 2.45) is 10.7 Å². The fraction of sp³-hybridized carbons (Fsp3) is 0.222. The topological polar surface area (TPSA) is 91.5 Å². The molecule has 1 aliphatic heterocycles. The van der Waals surface area contributed by atoms with Crippen LogP contribution in [-0.2, 0) is 4.79 Å². The zero-order chi connectivity index (χ0) is 17.8. The van der Waals surface area contributed by atoms with Gasteiger partial charge in [-0.2, -0.15) is 0 Å². The Kier molecular flexibility index (Phi) is 5.21. The number of hydrogen-bond acceptors (Lipinski definition) is 3. The lowest BCUT2D eigenvalue weighted by Gasteiger charge is -2.29. The molecule has 25 heavy (non-hydrogen) atoms. The van der Waals surface area contributed by atoms with Gasteiger partial charge in [-0.05, 0) is 30.2 Å². The fourth-order valence-electron chi connectivity index (χ4n) is 2.65. The largest absolute Gasteiger partial charge is 0.370 e. The first kappa shape index (κ1) is 17.3. The molecule has 0 aliphatic carbocycles. The minimum atomic E-state index is -0.597. The second kappa shape index (κ2) is 7.55. The predicted molar refractivity (Wildman–Crippen MR) is 100 cm³/mol. The summed E-state index contributed by atoms with van der Waals surface area (Å²) in [6.45, 7) is 1.93. The molecule has 2 aromatic carbocycles. The maximum absolute atomic E-state index is 12.0. The second-order valence-corrected chi connectivity index (χ2v) is 6.31. The molecule has 1 saturated heterocycles. The molecular weight excluding hydrogens is 338 g/mol. The molecular formula is C18H20ClN5O. The summed E-state index contributed by atoms with van der Waals surface area (Å²) in [6, 6.07) is 15.2. The molecule has 0 spiro atoms. The number of guanidine groups is 1. The van der Waals surface area contributed by atoms with E-state index in [4.69, 9.17) is 17.3 Å². The Balaban J connectivity index is 1.70. The molecule has 130 valence electrons. The van der Waals surface area contributed by atoms with Crippen molar-refractivity contribution in [2.45, 2.75) is 25.7 Å². The molecule has 6 nitrogen and oxygen atoms in total. The van der Waals surface area contributed by atoms with Crippen LogP contribution < -0.4 is 21.7 Å². The summed E-state index contributed by atoms with van der Waals surface area (Å²) in [5, 5.41) is 9.66. The van der Waals surface area contributed by atoms with Crippen LogP contribution in [0.5, 0.6) is 0 Å². The smallest absolute Gasteiger partial charge is 0.224 e. The first-order chi connectivity index (χ1) is 12.0. The highest BCUT2D eigenvalue weighted by Gasteiger charge is 2.26. The third-order valence-corrected chi connectivity index (χ3v) is 4.37. The summed E-state index contributed by atoms with van der Waals surface area (Å²) in [5.41, 5.74) is 8.71. The van der Waals surface area contributed by atoms with Gasteiger partial charge in [0.1, 0.15) is 0 Å². The SMILES string of the molecule is Cc1ccc(N/C(N)=N/C2NC(=O)CC(c3ccccc3)N2)cc1Cl. The lowest BCUT2D eigenvalue weighted by atomic mass is 10.0. The Morgan fingerprint density at radius 1 is 1.28 bits per heavy atom. The van der Waals surface area contributed by atoms with Gasteiger partial charge in [-0.15, -0.1) is 0 Å². The molecule has 2 unspecified atom stereocenters. The molecule has 1 amide bonds. The molecule has 3 rings (SSSR count). The normalized spacial score (nSPS) is 20.9. The third-order valence-electron chi connectivity index (χ3n) is 3.96. The maximum Gasteiger partial charge on any atom is 0.224 e. The number of benzene rings is 2. The summed E-state index contributed by atoms with van der Waals surface area (Å²) in [7, 11) is 0. The minimum Gasteiger partial charge on any atom is -0.370 e.